The lowest BCUT2D eigenvalue weighted by Gasteiger charge is -1.44. The Morgan fingerprint density at radius 3 is 0.625 bits per heavy atom. The molecule has 44 valence electrons. The third kappa shape index (κ3) is 465. The Morgan fingerprint density at radius 1 is 0.500 bits per heavy atom. The molecule has 0 unspecified atom stereocenters. The number of aliphatic hydroxyl groups is 4. The molecule has 0 aliphatic carbocycles. The SMILES string of the molecule is OC#CO.OC#CO. The highest BCUT2D eigenvalue weighted by atomic mass is 16.3. The standard InChI is InChI=1S/2C2H2O2/c2*3-1-2-4/h2*3-4H. The maximum absolute atomic E-state index is 7.26. The van der Waals surface area contributed by atoms with Crippen molar-refractivity contribution in [3.8, 4) is 24.4 Å². The Morgan fingerprint density at radius 2 is 0.625 bits per heavy atom. The van der Waals surface area contributed by atoms with Crippen molar-refractivity contribution in [2.75, 3.05) is 0 Å². The molecule has 0 aliphatic heterocycles. The summed E-state index contributed by atoms with van der Waals surface area (Å²) in [6.45, 7) is 0. The number of aliphatic hydroxyl groups excluding tert-OH is 4. The fourth-order valence-electron chi connectivity index (χ4n) is 0. The van der Waals surface area contributed by atoms with Gasteiger partial charge in [0.1, 0.15) is 0 Å². The summed E-state index contributed by atoms with van der Waals surface area (Å²) in [6, 6.07) is 0. The van der Waals surface area contributed by atoms with E-state index in [1.165, 1.54) is 24.4 Å². The van der Waals surface area contributed by atoms with E-state index >= 15 is 0 Å². The molecule has 0 aliphatic rings. The van der Waals surface area contributed by atoms with E-state index in [-0.39, 0.29) is 0 Å². The Bertz CT molecular complexity index is 99.6. The zero-order valence-corrected chi connectivity index (χ0v) is 3.79. The van der Waals surface area contributed by atoms with Crippen LogP contribution < -0.4 is 0 Å². The molecule has 0 saturated heterocycles. The van der Waals surface area contributed by atoms with Gasteiger partial charge in [0.05, 0.1) is 0 Å². The van der Waals surface area contributed by atoms with Crippen molar-refractivity contribution in [1.82, 2.24) is 0 Å². The van der Waals surface area contributed by atoms with E-state index in [9.17, 15) is 0 Å². The van der Waals surface area contributed by atoms with Crippen molar-refractivity contribution in [2.45, 2.75) is 0 Å². The molecular formula is C4H4O4. The van der Waals surface area contributed by atoms with Gasteiger partial charge >= 0.3 is 0 Å². The van der Waals surface area contributed by atoms with E-state index < -0.39 is 0 Å². The second-order valence-corrected chi connectivity index (χ2v) is 0.447. The number of rotatable bonds is 0. The highest BCUT2D eigenvalue weighted by Crippen LogP contribution is 1.24. The molecule has 0 amide bonds. The van der Waals surface area contributed by atoms with Gasteiger partial charge in [-0.1, -0.05) is 0 Å². The first-order valence-corrected chi connectivity index (χ1v) is 1.39. The topological polar surface area (TPSA) is 80.9 Å². The van der Waals surface area contributed by atoms with E-state index in [1.54, 1.807) is 0 Å². The fraction of sp³-hybridized carbons (Fsp3) is 0. The minimum atomic E-state index is 1.24. The monoisotopic (exact) mass is 116 g/mol. The third-order valence-electron chi connectivity index (χ3n) is 0.100. The molecular weight excluding hydrogens is 112 g/mol. The van der Waals surface area contributed by atoms with Crippen molar-refractivity contribution in [3.05, 3.63) is 0 Å². The van der Waals surface area contributed by atoms with E-state index in [4.69, 9.17) is 20.4 Å². The first-order valence-electron chi connectivity index (χ1n) is 1.39. The van der Waals surface area contributed by atoms with E-state index in [2.05, 4.69) is 0 Å². The van der Waals surface area contributed by atoms with Crippen molar-refractivity contribution < 1.29 is 20.4 Å². The maximum Gasteiger partial charge on any atom is 0.152 e. The van der Waals surface area contributed by atoms with Gasteiger partial charge in [-0.3, -0.25) is 0 Å². The quantitative estimate of drug-likeness (QED) is 0.315. The molecule has 0 atom stereocenters. The van der Waals surface area contributed by atoms with Crippen LogP contribution in [-0.4, -0.2) is 20.4 Å². The summed E-state index contributed by atoms with van der Waals surface area (Å²) in [5, 5.41) is 29.1. The largest absolute Gasteiger partial charge is 0.460 e. The summed E-state index contributed by atoms with van der Waals surface area (Å²) in [4.78, 5) is 0. The van der Waals surface area contributed by atoms with Crippen LogP contribution in [0.5, 0.6) is 0 Å². The van der Waals surface area contributed by atoms with Gasteiger partial charge in [0.15, 0.2) is 24.4 Å². The highest BCUT2D eigenvalue weighted by Gasteiger charge is 1.30. The van der Waals surface area contributed by atoms with Crippen molar-refractivity contribution >= 4 is 0 Å². The zero-order chi connectivity index (χ0) is 6.83. The van der Waals surface area contributed by atoms with Crippen LogP contribution in [-0.2, 0) is 0 Å². The lowest BCUT2D eigenvalue weighted by atomic mass is 11.2. The molecule has 0 aromatic heterocycles. The van der Waals surface area contributed by atoms with Crippen molar-refractivity contribution in [3.63, 3.8) is 0 Å². The van der Waals surface area contributed by atoms with Crippen LogP contribution in [0.2, 0.25) is 0 Å². The van der Waals surface area contributed by atoms with Crippen LogP contribution in [0.4, 0.5) is 0 Å². The summed E-state index contributed by atoms with van der Waals surface area (Å²) >= 11 is 0. The van der Waals surface area contributed by atoms with Crippen LogP contribution in [0.15, 0.2) is 0 Å². The third-order valence-corrected chi connectivity index (χ3v) is 0.100. The molecule has 0 radical (unpaired) electrons. The van der Waals surface area contributed by atoms with Crippen LogP contribution in [0.25, 0.3) is 0 Å². The number of hydrogen-bond donors (Lipinski definition) is 4. The molecule has 0 spiro atoms. The van der Waals surface area contributed by atoms with Gasteiger partial charge in [0.25, 0.3) is 0 Å². The summed E-state index contributed by atoms with van der Waals surface area (Å²) in [5.74, 6) is 0. The predicted octanol–water partition coefficient (Wildman–Crippen LogP) is -0.700. The lowest BCUT2D eigenvalue weighted by molar-refractivity contribution is 0.471. The first-order chi connectivity index (χ1) is 3.83. The zero-order valence-electron chi connectivity index (χ0n) is 3.79. The van der Waals surface area contributed by atoms with Gasteiger partial charge in [-0.25, -0.2) is 0 Å². The smallest absolute Gasteiger partial charge is 0.152 e. The Balaban J connectivity index is 0. The van der Waals surface area contributed by atoms with E-state index in [0.717, 1.165) is 0 Å². The van der Waals surface area contributed by atoms with Gasteiger partial charge in [0, 0.05) is 0 Å². The minimum absolute atomic E-state index is 1.24. The first kappa shape index (κ1) is 9.58. The van der Waals surface area contributed by atoms with Crippen molar-refractivity contribution in [1.29, 1.82) is 0 Å². The normalized spacial score (nSPS) is 3.00. The van der Waals surface area contributed by atoms with Gasteiger partial charge in [-0.05, 0) is 0 Å². The highest BCUT2D eigenvalue weighted by molar-refractivity contribution is 4.73. The Labute approximate surface area is 46.0 Å². The summed E-state index contributed by atoms with van der Waals surface area (Å²) < 4.78 is 0. The fourth-order valence-corrected chi connectivity index (χ4v) is 0. The molecule has 0 rings (SSSR count). The number of hydrogen-bond acceptors (Lipinski definition) is 4. The Hall–Kier alpha value is -1.68. The van der Waals surface area contributed by atoms with Crippen LogP contribution >= 0.6 is 0 Å². The summed E-state index contributed by atoms with van der Waals surface area (Å²) in [6.07, 6.45) is 4.94. The van der Waals surface area contributed by atoms with Crippen LogP contribution in [0, 0.1) is 24.4 Å². The predicted molar refractivity (Wildman–Crippen MR) is 23.3 cm³/mol. The molecule has 4 nitrogen and oxygen atoms in total. The lowest BCUT2D eigenvalue weighted by Crippen LogP contribution is -1.44. The van der Waals surface area contributed by atoms with Gasteiger partial charge in [0.2, 0.25) is 0 Å². The summed E-state index contributed by atoms with van der Waals surface area (Å²) in [7, 11) is 0. The molecule has 0 bridgehead atoms. The molecule has 0 heterocycles. The molecule has 4 N–H and O–H groups in total. The van der Waals surface area contributed by atoms with E-state index in [0.29, 0.717) is 0 Å². The van der Waals surface area contributed by atoms with Crippen LogP contribution in [0.1, 0.15) is 0 Å². The second-order valence-electron chi connectivity index (χ2n) is 0.447. The average molecular weight is 116 g/mol. The molecule has 8 heavy (non-hydrogen) atoms. The maximum atomic E-state index is 7.26. The summed E-state index contributed by atoms with van der Waals surface area (Å²) in [5.41, 5.74) is 0. The molecule has 0 fully saturated rings. The van der Waals surface area contributed by atoms with Crippen LogP contribution in [0.3, 0.4) is 0 Å². The second kappa shape index (κ2) is 18.4. The average Bonchev–Trinajstić information content (AvgIpc) is 1.88. The van der Waals surface area contributed by atoms with Gasteiger partial charge in [-0.2, -0.15) is 0 Å². The Kier molecular flexibility index (Phi) is 22.1. The molecule has 4 heteroatoms. The molecule has 0 saturated carbocycles. The van der Waals surface area contributed by atoms with Gasteiger partial charge < -0.3 is 20.4 Å². The van der Waals surface area contributed by atoms with Crippen molar-refractivity contribution in [2.24, 2.45) is 0 Å². The minimum Gasteiger partial charge on any atom is -0.460 e. The van der Waals surface area contributed by atoms with E-state index in [1.807, 2.05) is 0 Å². The molecule has 0 aromatic rings. The molecule has 0 aromatic carbocycles. The van der Waals surface area contributed by atoms with Gasteiger partial charge in [-0.15, -0.1) is 0 Å².